The van der Waals surface area contributed by atoms with Crippen LogP contribution in [0.1, 0.15) is 17.7 Å². The van der Waals surface area contributed by atoms with Gasteiger partial charge >= 0.3 is 0 Å². The van der Waals surface area contributed by atoms with E-state index in [1.807, 2.05) is 60.7 Å². The van der Waals surface area contributed by atoms with Crippen LogP contribution in [-0.4, -0.2) is 11.3 Å². The normalized spacial score (nSPS) is 11.5. The predicted octanol–water partition coefficient (Wildman–Crippen LogP) is 4.45. The third kappa shape index (κ3) is 3.47. The van der Waals surface area contributed by atoms with Crippen LogP contribution >= 0.6 is 0 Å². The molecule has 0 unspecified atom stereocenters. The van der Waals surface area contributed by atoms with E-state index >= 15 is 0 Å². The first kappa shape index (κ1) is 14.2. The van der Waals surface area contributed by atoms with Crippen molar-refractivity contribution in [1.82, 2.24) is 4.98 Å². The summed E-state index contributed by atoms with van der Waals surface area (Å²) in [6, 6.07) is 22.1. The molecule has 3 rings (SSSR count). The third-order valence-electron chi connectivity index (χ3n) is 3.63. The number of carbonyl (C=O) groups is 1. The molecule has 0 amide bonds. The van der Waals surface area contributed by atoms with Gasteiger partial charge in [-0.2, -0.15) is 0 Å². The SMILES string of the molecule is O=CC(=Cc1ccccc1)CCc1ccc2ccccc2n1. The largest absolute Gasteiger partial charge is 0.298 e. The van der Waals surface area contributed by atoms with E-state index in [0.29, 0.717) is 6.42 Å². The highest BCUT2D eigenvalue weighted by molar-refractivity contribution is 5.81. The summed E-state index contributed by atoms with van der Waals surface area (Å²) in [5.41, 5.74) is 3.86. The Morgan fingerprint density at radius 3 is 2.50 bits per heavy atom. The number of fused-ring (bicyclic) bond motifs is 1. The number of benzene rings is 2. The molecule has 0 aliphatic rings. The molecule has 0 saturated heterocycles. The minimum atomic E-state index is 0.698. The number of allylic oxidation sites excluding steroid dienone is 1. The van der Waals surface area contributed by atoms with Crippen LogP contribution in [0.4, 0.5) is 0 Å². The summed E-state index contributed by atoms with van der Waals surface area (Å²) in [6.07, 6.45) is 4.34. The fourth-order valence-corrected chi connectivity index (χ4v) is 2.45. The molecule has 2 aromatic carbocycles. The number of hydrogen-bond acceptors (Lipinski definition) is 2. The van der Waals surface area contributed by atoms with E-state index in [1.165, 1.54) is 0 Å². The Labute approximate surface area is 130 Å². The highest BCUT2D eigenvalue weighted by Gasteiger charge is 2.01. The summed E-state index contributed by atoms with van der Waals surface area (Å²) in [5.74, 6) is 0. The number of hydrogen-bond donors (Lipinski definition) is 0. The van der Waals surface area contributed by atoms with Crippen LogP contribution in [0.15, 0.2) is 72.3 Å². The standard InChI is InChI=1S/C20H17NO/c22-15-17(14-16-6-2-1-3-7-16)10-12-19-13-11-18-8-4-5-9-20(18)21-19/h1-9,11,13-15H,10,12H2. The van der Waals surface area contributed by atoms with Crippen LogP contribution in [0.25, 0.3) is 17.0 Å². The summed E-state index contributed by atoms with van der Waals surface area (Å²) in [5, 5.41) is 1.14. The van der Waals surface area contributed by atoms with Gasteiger partial charge in [-0.1, -0.05) is 54.6 Å². The molecule has 2 nitrogen and oxygen atoms in total. The molecule has 2 heteroatoms. The van der Waals surface area contributed by atoms with Gasteiger partial charge in [0.05, 0.1) is 5.52 Å². The molecule has 0 saturated carbocycles. The van der Waals surface area contributed by atoms with E-state index in [9.17, 15) is 4.79 Å². The van der Waals surface area contributed by atoms with Crippen molar-refractivity contribution >= 4 is 23.3 Å². The maximum atomic E-state index is 11.3. The lowest BCUT2D eigenvalue weighted by Gasteiger charge is -2.03. The smallest absolute Gasteiger partial charge is 0.146 e. The van der Waals surface area contributed by atoms with Crippen LogP contribution < -0.4 is 0 Å². The summed E-state index contributed by atoms with van der Waals surface area (Å²) < 4.78 is 0. The first-order chi connectivity index (χ1) is 10.8. The van der Waals surface area contributed by atoms with Crippen LogP contribution in [0.3, 0.4) is 0 Å². The summed E-state index contributed by atoms with van der Waals surface area (Å²) in [7, 11) is 0. The molecule has 0 aliphatic heterocycles. The van der Waals surface area contributed by atoms with Gasteiger partial charge in [-0.3, -0.25) is 9.78 Å². The van der Waals surface area contributed by atoms with Crippen molar-refractivity contribution in [3.05, 3.63) is 83.6 Å². The molecule has 22 heavy (non-hydrogen) atoms. The lowest BCUT2D eigenvalue weighted by atomic mass is 10.1. The van der Waals surface area contributed by atoms with E-state index < -0.39 is 0 Å². The van der Waals surface area contributed by atoms with E-state index in [2.05, 4.69) is 17.1 Å². The van der Waals surface area contributed by atoms with Crippen molar-refractivity contribution in [3.8, 4) is 0 Å². The zero-order chi connectivity index (χ0) is 15.2. The van der Waals surface area contributed by atoms with Crippen LogP contribution in [0.2, 0.25) is 0 Å². The van der Waals surface area contributed by atoms with Crippen molar-refractivity contribution in [2.45, 2.75) is 12.8 Å². The van der Waals surface area contributed by atoms with Gasteiger partial charge in [0.15, 0.2) is 0 Å². The predicted molar refractivity (Wildman–Crippen MR) is 90.5 cm³/mol. The lowest BCUT2D eigenvalue weighted by Crippen LogP contribution is -1.94. The van der Waals surface area contributed by atoms with Crippen LogP contribution in [0.5, 0.6) is 0 Å². The highest BCUT2D eigenvalue weighted by atomic mass is 16.1. The van der Waals surface area contributed by atoms with Gasteiger partial charge in [-0.15, -0.1) is 0 Å². The number of aromatic nitrogens is 1. The number of nitrogens with zero attached hydrogens (tertiary/aromatic N) is 1. The van der Waals surface area contributed by atoms with Gasteiger partial charge in [0.1, 0.15) is 6.29 Å². The lowest BCUT2D eigenvalue weighted by molar-refractivity contribution is -0.105. The Balaban J connectivity index is 1.74. The molecule has 1 aromatic heterocycles. The Morgan fingerprint density at radius 2 is 1.68 bits per heavy atom. The second-order valence-electron chi connectivity index (χ2n) is 5.24. The molecular weight excluding hydrogens is 270 g/mol. The number of aldehydes is 1. The molecule has 0 atom stereocenters. The fourth-order valence-electron chi connectivity index (χ4n) is 2.45. The number of rotatable bonds is 5. The van der Waals surface area contributed by atoms with Crippen molar-refractivity contribution < 1.29 is 4.79 Å². The van der Waals surface area contributed by atoms with Crippen molar-refractivity contribution in [1.29, 1.82) is 0 Å². The Bertz CT molecular complexity index is 806. The number of pyridine rings is 1. The van der Waals surface area contributed by atoms with E-state index in [0.717, 1.165) is 40.4 Å². The quantitative estimate of drug-likeness (QED) is 0.512. The monoisotopic (exact) mass is 287 g/mol. The fraction of sp³-hybridized carbons (Fsp3) is 0.100. The topological polar surface area (TPSA) is 30.0 Å². The Morgan fingerprint density at radius 1 is 0.909 bits per heavy atom. The van der Waals surface area contributed by atoms with Gasteiger partial charge in [0.25, 0.3) is 0 Å². The van der Waals surface area contributed by atoms with Crippen molar-refractivity contribution in [2.24, 2.45) is 0 Å². The molecule has 0 fully saturated rings. The van der Waals surface area contributed by atoms with Gasteiger partial charge in [0.2, 0.25) is 0 Å². The van der Waals surface area contributed by atoms with Gasteiger partial charge in [0, 0.05) is 11.1 Å². The summed E-state index contributed by atoms with van der Waals surface area (Å²) >= 11 is 0. The number of para-hydroxylation sites is 1. The maximum Gasteiger partial charge on any atom is 0.146 e. The molecule has 0 N–H and O–H groups in total. The maximum absolute atomic E-state index is 11.3. The van der Waals surface area contributed by atoms with Gasteiger partial charge < -0.3 is 0 Å². The van der Waals surface area contributed by atoms with Crippen LogP contribution in [0, 0.1) is 0 Å². The molecule has 1 heterocycles. The van der Waals surface area contributed by atoms with Gasteiger partial charge in [-0.25, -0.2) is 0 Å². The third-order valence-corrected chi connectivity index (χ3v) is 3.63. The van der Waals surface area contributed by atoms with Crippen molar-refractivity contribution in [2.75, 3.05) is 0 Å². The first-order valence-electron chi connectivity index (χ1n) is 7.40. The van der Waals surface area contributed by atoms with E-state index in [4.69, 9.17) is 0 Å². The minimum Gasteiger partial charge on any atom is -0.298 e. The van der Waals surface area contributed by atoms with Gasteiger partial charge in [-0.05, 0) is 42.2 Å². The highest BCUT2D eigenvalue weighted by Crippen LogP contribution is 2.15. The molecular formula is C20H17NO. The summed E-state index contributed by atoms with van der Waals surface area (Å²) in [6.45, 7) is 0. The molecule has 0 spiro atoms. The Kier molecular flexibility index (Phi) is 4.40. The average molecular weight is 287 g/mol. The Hall–Kier alpha value is -2.74. The zero-order valence-electron chi connectivity index (χ0n) is 12.3. The molecule has 3 aromatic rings. The molecule has 0 aliphatic carbocycles. The molecule has 108 valence electrons. The minimum absolute atomic E-state index is 0.698. The second-order valence-corrected chi connectivity index (χ2v) is 5.24. The van der Waals surface area contributed by atoms with Crippen molar-refractivity contribution in [3.63, 3.8) is 0 Å². The zero-order valence-corrected chi connectivity index (χ0v) is 12.3. The molecule has 0 bridgehead atoms. The summed E-state index contributed by atoms with van der Waals surface area (Å²) in [4.78, 5) is 15.9. The van der Waals surface area contributed by atoms with E-state index in [1.54, 1.807) is 0 Å². The second kappa shape index (κ2) is 6.81. The molecule has 0 radical (unpaired) electrons. The number of aryl methyl sites for hydroxylation is 1. The average Bonchev–Trinajstić information content (AvgIpc) is 2.59. The van der Waals surface area contributed by atoms with Crippen LogP contribution in [-0.2, 0) is 11.2 Å². The first-order valence-corrected chi connectivity index (χ1v) is 7.40. The van der Waals surface area contributed by atoms with E-state index in [-0.39, 0.29) is 0 Å². The number of carbonyl (C=O) groups excluding carboxylic acids is 1.